The maximum atomic E-state index is 12.7. The number of nitrogens with zero attached hydrogens (tertiary/aromatic N) is 2. The summed E-state index contributed by atoms with van der Waals surface area (Å²) in [6.07, 6.45) is 1.51. The van der Waals surface area contributed by atoms with E-state index in [1.54, 1.807) is 24.3 Å². The van der Waals surface area contributed by atoms with E-state index in [2.05, 4.69) is 36.6 Å². The molecule has 0 bridgehead atoms. The fourth-order valence-electron chi connectivity index (χ4n) is 3.19. The number of carbonyl (C=O) groups is 2. The second-order valence-electron chi connectivity index (χ2n) is 6.97. The van der Waals surface area contributed by atoms with E-state index in [1.807, 2.05) is 13.1 Å². The molecule has 0 unspecified atom stereocenters. The number of hydrogen-bond donors (Lipinski definition) is 2. The second-order valence-corrected chi connectivity index (χ2v) is 9.80. The number of halogens is 2. The number of anilines is 2. The van der Waals surface area contributed by atoms with E-state index in [4.69, 9.17) is 21.1 Å². The molecule has 1 atom stereocenters. The monoisotopic (exact) mass is 530 g/mol. The third-order valence-corrected chi connectivity index (χ3v) is 6.50. The average molecular weight is 532 g/mol. The van der Waals surface area contributed by atoms with Gasteiger partial charge in [0.1, 0.15) is 6.04 Å². The van der Waals surface area contributed by atoms with Crippen LogP contribution in [0.25, 0.3) is 0 Å². The Bertz CT molecular complexity index is 928. The first-order chi connectivity index (χ1) is 14.9. The van der Waals surface area contributed by atoms with E-state index in [0.29, 0.717) is 15.8 Å². The zero-order valence-corrected chi connectivity index (χ0v) is 20.3. The average Bonchev–Trinajstić information content (AvgIpc) is 3.13. The van der Waals surface area contributed by atoms with Crippen LogP contribution >= 0.6 is 38.9 Å². The minimum Gasteiger partial charge on any atom is -0.399 e. The van der Waals surface area contributed by atoms with Crippen LogP contribution in [0.3, 0.4) is 0 Å². The van der Waals surface area contributed by atoms with Gasteiger partial charge in [0.05, 0.1) is 21.1 Å². The molecule has 0 aliphatic carbocycles. The number of rotatable bonds is 7. The van der Waals surface area contributed by atoms with Crippen LogP contribution in [-0.2, 0) is 9.53 Å². The first kappa shape index (κ1) is 23.8. The molecule has 1 saturated heterocycles. The largest absolute Gasteiger partial charge is 0.414 e. The van der Waals surface area contributed by atoms with Crippen molar-refractivity contribution in [3.8, 4) is 5.06 Å². The Labute approximate surface area is 198 Å². The molecule has 1 aromatic carbocycles. The van der Waals surface area contributed by atoms with Gasteiger partial charge in [-0.1, -0.05) is 22.9 Å². The van der Waals surface area contributed by atoms with E-state index in [0.717, 1.165) is 35.4 Å². The summed E-state index contributed by atoms with van der Waals surface area (Å²) in [6, 6.07) is 7.84. The summed E-state index contributed by atoms with van der Waals surface area (Å²) in [7, 11) is 3.48. The summed E-state index contributed by atoms with van der Waals surface area (Å²) in [4.78, 5) is 24.9. The molecular weight excluding hydrogens is 508 g/mol. The van der Waals surface area contributed by atoms with E-state index in [-0.39, 0.29) is 6.61 Å². The van der Waals surface area contributed by atoms with Crippen molar-refractivity contribution in [2.24, 2.45) is 0 Å². The molecular formula is C20H24BrClN4O4S. The third kappa shape index (κ3) is 6.56. The van der Waals surface area contributed by atoms with Gasteiger partial charge in [-0.05, 0) is 59.1 Å². The van der Waals surface area contributed by atoms with Gasteiger partial charge in [-0.25, -0.2) is 9.80 Å². The van der Waals surface area contributed by atoms with Gasteiger partial charge < -0.3 is 25.1 Å². The summed E-state index contributed by atoms with van der Waals surface area (Å²) in [5.41, 5.74) is 1.41. The van der Waals surface area contributed by atoms with Gasteiger partial charge in [0.25, 0.3) is 0 Å². The van der Waals surface area contributed by atoms with Crippen molar-refractivity contribution < 1.29 is 19.1 Å². The fourth-order valence-corrected chi connectivity index (χ4v) is 4.66. The molecule has 31 heavy (non-hydrogen) atoms. The maximum absolute atomic E-state index is 12.7. The van der Waals surface area contributed by atoms with Gasteiger partial charge in [-0.3, -0.25) is 4.79 Å². The lowest BCUT2D eigenvalue weighted by atomic mass is 10.2. The lowest BCUT2D eigenvalue weighted by Gasteiger charge is -2.38. The molecule has 2 amide bonds. The topological polar surface area (TPSA) is 83.1 Å². The van der Waals surface area contributed by atoms with Crippen molar-refractivity contribution in [1.29, 1.82) is 0 Å². The van der Waals surface area contributed by atoms with Crippen LogP contribution in [0.5, 0.6) is 5.06 Å². The summed E-state index contributed by atoms with van der Waals surface area (Å²) in [6.45, 7) is 1.85. The van der Waals surface area contributed by atoms with E-state index in [9.17, 15) is 9.59 Å². The molecule has 2 N–H and O–H groups in total. The normalized spacial score (nSPS) is 15.4. The predicted molar refractivity (Wildman–Crippen MR) is 126 cm³/mol. The summed E-state index contributed by atoms with van der Waals surface area (Å²) in [5, 5.41) is 10.5. The molecule has 1 aromatic heterocycles. The SMILES string of the molecule is COC[C@@H](NC(=O)Oc1ccc(Br)s1)C(=O)Nc1ccc(N2CCCCN2C)c(Cl)c1. The zero-order valence-electron chi connectivity index (χ0n) is 17.2. The highest BCUT2D eigenvalue weighted by atomic mass is 79.9. The van der Waals surface area contributed by atoms with Crippen LogP contribution < -0.4 is 20.4 Å². The number of hydrazine groups is 1. The van der Waals surface area contributed by atoms with Gasteiger partial charge >= 0.3 is 6.09 Å². The lowest BCUT2D eigenvalue weighted by Crippen LogP contribution is -2.47. The minimum absolute atomic E-state index is 0.0144. The van der Waals surface area contributed by atoms with Crippen molar-refractivity contribution in [3.05, 3.63) is 39.1 Å². The lowest BCUT2D eigenvalue weighted by molar-refractivity contribution is -0.119. The first-order valence-electron chi connectivity index (χ1n) is 9.69. The number of carbonyl (C=O) groups excluding carboxylic acids is 2. The first-order valence-corrected chi connectivity index (χ1v) is 11.7. The number of amides is 2. The van der Waals surface area contributed by atoms with Gasteiger partial charge in [0.15, 0.2) is 5.06 Å². The number of benzene rings is 1. The molecule has 2 aromatic rings. The second kappa shape index (κ2) is 11.1. The molecule has 1 aliphatic heterocycles. The number of hydrogen-bond acceptors (Lipinski definition) is 7. The van der Waals surface area contributed by atoms with Crippen molar-refractivity contribution >= 4 is 62.2 Å². The standard InChI is InChI=1S/C20H24BrClN4O4S/c1-25-9-3-4-10-26(25)16-6-5-13(11-14(16)22)23-19(27)15(12-29-2)24-20(28)30-18-8-7-17(21)31-18/h5-8,11,15H,3-4,9-10,12H2,1-2H3,(H,23,27)(H,24,28)/t15-/m1/s1. The van der Waals surface area contributed by atoms with E-state index in [1.165, 1.54) is 18.4 Å². The number of nitrogens with one attached hydrogen (secondary N) is 2. The van der Waals surface area contributed by atoms with Crippen LogP contribution in [0.2, 0.25) is 5.02 Å². The smallest absolute Gasteiger partial charge is 0.399 e. The third-order valence-electron chi connectivity index (χ3n) is 4.69. The molecule has 0 radical (unpaired) electrons. The Hall–Kier alpha value is -1.85. The summed E-state index contributed by atoms with van der Waals surface area (Å²) < 4.78 is 11.1. The molecule has 2 heterocycles. The highest BCUT2D eigenvalue weighted by Crippen LogP contribution is 2.31. The van der Waals surface area contributed by atoms with E-state index >= 15 is 0 Å². The highest BCUT2D eigenvalue weighted by Gasteiger charge is 2.23. The number of ether oxygens (including phenoxy) is 2. The van der Waals surface area contributed by atoms with Crippen molar-refractivity contribution in [1.82, 2.24) is 10.3 Å². The Morgan fingerprint density at radius 3 is 2.68 bits per heavy atom. The van der Waals surface area contributed by atoms with Gasteiger partial charge in [-0.15, -0.1) is 0 Å². The van der Waals surface area contributed by atoms with Crippen LogP contribution in [0.1, 0.15) is 12.8 Å². The molecule has 3 rings (SSSR count). The Kier molecular flexibility index (Phi) is 8.56. The van der Waals surface area contributed by atoms with E-state index < -0.39 is 18.0 Å². The van der Waals surface area contributed by atoms with Gasteiger partial charge in [-0.2, -0.15) is 0 Å². The summed E-state index contributed by atoms with van der Waals surface area (Å²) in [5.74, 6) is -0.440. The minimum atomic E-state index is -0.937. The van der Waals surface area contributed by atoms with Crippen LogP contribution in [0.15, 0.2) is 34.1 Å². The highest BCUT2D eigenvalue weighted by molar-refractivity contribution is 9.11. The van der Waals surface area contributed by atoms with Gasteiger partial charge in [0, 0.05) is 32.9 Å². The molecule has 8 nitrogen and oxygen atoms in total. The van der Waals surface area contributed by atoms with Crippen LogP contribution in [0, 0.1) is 0 Å². The Balaban J connectivity index is 1.63. The Morgan fingerprint density at radius 1 is 1.26 bits per heavy atom. The van der Waals surface area contributed by atoms with Crippen molar-refractivity contribution in [3.63, 3.8) is 0 Å². The predicted octanol–water partition coefficient (Wildman–Crippen LogP) is 4.35. The molecule has 0 saturated carbocycles. The van der Waals surface area contributed by atoms with Crippen molar-refractivity contribution in [2.75, 3.05) is 44.2 Å². The number of methoxy groups -OCH3 is 1. The number of thiophene rings is 1. The molecule has 0 spiro atoms. The van der Waals surface area contributed by atoms with Crippen LogP contribution in [-0.4, -0.2) is 56.9 Å². The molecule has 1 aliphatic rings. The maximum Gasteiger partial charge on any atom is 0.414 e. The fraction of sp³-hybridized carbons (Fsp3) is 0.400. The Morgan fingerprint density at radius 2 is 2.03 bits per heavy atom. The molecule has 11 heteroatoms. The quantitative estimate of drug-likeness (QED) is 0.553. The molecule has 168 valence electrons. The summed E-state index contributed by atoms with van der Waals surface area (Å²) >= 11 is 11.1. The van der Waals surface area contributed by atoms with Crippen molar-refractivity contribution in [2.45, 2.75) is 18.9 Å². The van der Waals surface area contributed by atoms with Gasteiger partial charge in [0.2, 0.25) is 5.91 Å². The van der Waals surface area contributed by atoms with Crippen LogP contribution in [0.4, 0.5) is 16.2 Å². The zero-order chi connectivity index (χ0) is 22.4. The molecule has 1 fully saturated rings.